The molecule has 4 rings (SSSR count). The summed E-state index contributed by atoms with van der Waals surface area (Å²) in [4.78, 5) is 21.7. The summed E-state index contributed by atoms with van der Waals surface area (Å²) >= 11 is 1.45. The molecule has 140 valence electrons. The summed E-state index contributed by atoms with van der Waals surface area (Å²) in [5.41, 5.74) is 3.25. The molecule has 2 fully saturated rings. The van der Waals surface area contributed by atoms with E-state index in [0.717, 1.165) is 25.2 Å². The van der Waals surface area contributed by atoms with Crippen LogP contribution in [0.15, 0.2) is 23.3 Å². The van der Waals surface area contributed by atoms with Gasteiger partial charge in [0.25, 0.3) is 5.91 Å². The Morgan fingerprint density at radius 3 is 2.85 bits per heavy atom. The van der Waals surface area contributed by atoms with E-state index in [-0.39, 0.29) is 18.1 Å². The van der Waals surface area contributed by atoms with Crippen molar-refractivity contribution in [2.24, 2.45) is 7.05 Å². The van der Waals surface area contributed by atoms with E-state index in [4.69, 9.17) is 4.74 Å². The molecule has 0 saturated carbocycles. The molecule has 2 atom stereocenters. The van der Waals surface area contributed by atoms with Crippen molar-refractivity contribution in [3.8, 4) is 0 Å². The molecule has 4 heterocycles. The second-order valence-corrected chi connectivity index (χ2v) is 7.75. The summed E-state index contributed by atoms with van der Waals surface area (Å²) in [6, 6.07) is -0.131. The quantitative estimate of drug-likeness (QED) is 0.817. The van der Waals surface area contributed by atoms with E-state index in [1.165, 1.54) is 30.6 Å². The highest BCUT2D eigenvalue weighted by molar-refractivity contribution is 7.07. The number of aromatic nitrogens is 3. The van der Waals surface area contributed by atoms with Crippen molar-refractivity contribution in [1.82, 2.24) is 24.6 Å². The van der Waals surface area contributed by atoms with Crippen LogP contribution in [-0.2, 0) is 11.8 Å². The van der Waals surface area contributed by atoms with Crippen LogP contribution in [0.5, 0.6) is 0 Å². The van der Waals surface area contributed by atoms with Gasteiger partial charge in [-0.25, -0.2) is 4.98 Å². The summed E-state index contributed by atoms with van der Waals surface area (Å²) in [5, 5.41) is 6.14. The van der Waals surface area contributed by atoms with Crippen molar-refractivity contribution in [1.29, 1.82) is 0 Å². The number of ether oxygens (including phenoxy) is 1. The highest BCUT2D eigenvalue weighted by Crippen LogP contribution is 2.31. The first kappa shape index (κ1) is 17.6. The molecule has 0 unspecified atom stereocenters. The maximum Gasteiger partial charge on any atom is 0.274 e. The molecule has 2 aromatic heterocycles. The van der Waals surface area contributed by atoms with Crippen LogP contribution >= 0.6 is 11.3 Å². The molecule has 0 spiro atoms. The van der Waals surface area contributed by atoms with Crippen LogP contribution in [-0.4, -0.2) is 69.4 Å². The van der Waals surface area contributed by atoms with Crippen molar-refractivity contribution in [2.75, 3.05) is 32.8 Å². The maximum absolute atomic E-state index is 13.1. The van der Waals surface area contributed by atoms with Gasteiger partial charge in [-0.2, -0.15) is 5.10 Å². The topological polar surface area (TPSA) is 63.5 Å². The van der Waals surface area contributed by atoms with Crippen molar-refractivity contribution in [3.63, 3.8) is 0 Å². The summed E-state index contributed by atoms with van der Waals surface area (Å²) in [6.45, 7) is 4.21. The van der Waals surface area contributed by atoms with Crippen LogP contribution in [0.4, 0.5) is 0 Å². The molecule has 7 nitrogen and oxygen atoms in total. The second-order valence-electron chi connectivity index (χ2n) is 7.03. The number of aryl methyl sites for hydroxylation is 1. The largest absolute Gasteiger partial charge is 0.373 e. The molecule has 26 heavy (non-hydrogen) atoms. The molecule has 1 amide bonds. The first-order valence-corrected chi connectivity index (χ1v) is 10.2. The summed E-state index contributed by atoms with van der Waals surface area (Å²) in [5.74, 6) is -0.0213. The zero-order valence-corrected chi connectivity index (χ0v) is 15.9. The first-order valence-electron chi connectivity index (χ1n) is 9.24. The van der Waals surface area contributed by atoms with Crippen molar-refractivity contribution < 1.29 is 9.53 Å². The standard InChI is InChI=1S/C18H25N5O2S/c1-21-10-14(9-20-21)17-16(11-22-5-3-2-4-6-22)25-8-7-23(17)18(24)15-12-26-13-19-15/h9-10,12-13,16-17H,2-8,11H2,1H3/t16-,17-/m0/s1. The van der Waals surface area contributed by atoms with Gasteiger partial charge in [-0.15, -0.1) is 11.3 Å². The number of likely N-dealkylation sites (tertiary alicyclic amines) is 1. The molecule has 0 bridgehead atoms. The van der Waals surface area contributed by atoms with Crippen molar-refractivity contribution in [3.05, 3.63) is 34.5 Å². The summed E-state index contributed by atoms with van der Waals surface area (Å²) in [6.07, 6.45) is 7.59. The number of thiazole rings is 1. The number of carbonyl (C=O) groups is 1. The summed E-state index contributed by atoms with van der Waals surface area (Å²) < 4.78 is 7.95. The van der Waals surface area contributed by atoms with Crippen LogP contribution in [0.1, 0.15) is 41.4 Å². The lowest BCUT2D eigenvalue weighted by Crippen LogP contribution is -2.52. The molecule has 0 aromatic carbocycles. The summed E-state index contributed by atoms with van der Waals surface area (Å²) in [7, 11) is 1.90. The average Bonchev–Trinajstić information content (AvgIpc) is 3.34. The van der Waals surface area contributed by atoms with Gasteiger partial charge in [0.1, 0.15) is 5.69 Å². The molecule has 8 heteroatoms. The van der Waals surface area contributed by atoms with Gasteiger partial charge in [-0.05, 0) is 25.9 Å². The van der Waals surface area contributed by atoms with Gasteiger partial charge < -0.3 is 14.5 Å². The van der Waals surface area contributed by atoms with E-state index in [1.54, 1.807) is 10.2 Å². The van der Waals surface area contributed by atoms with Crippen molar-refractivity contribution in [2.45, 2.75) is 31.4 Å². The van der Waals surface area contributed by atoms with Gasteiger partial charge in [0.2, 0.25) is 0 Å². The molecule has 2 aliphatic rings. The smallest absolute Gasteiger partial charge is 0.274 e. The third kappa shape index (κ3) is 3.67. The SMILES string of the molecule is Cn1cc([C@H]2[C@H](CN3CCCCC3)OCCN2C(=O)c2cscn2)cn1. The number of hydrogen-bond acceptors (Lipinski definition) is 6. The van der Waals surface area contributed by atoms with Crippen molar-refractivity contribution >= 4 is 17.2 Å². The predicted octanol–water partition coefficient (Wildman–Crippen LogP) is 1.94. The number of morpholine rings is 1. The predicted molar refractivity (Wildman–Crippen MR) is 99.1 cm³/mol. The molecule has 0 aliphatic carbocycles. The van der Waals surface area contributed by atoms with E-state index in [2.05, 4.69) is 15.0 Å². The third-order valence-electron chi connectivity index (χ3n) is 5.22. The van der Waals surface area contributed by atoms with E-state index < -0.39 is 0 Å². The molecule has 0 N–H and O–H groups in total. The molecule has 0 radical (unpaired) electrons. The Morgan fingerprint density at radius 2 is 2.15 bits per heavy atom. The van der Waals surface area contributed by atoms with Gasteiger partial charge in [0.05, 0.1) is 30.5 Å². The first-order chi connectivity index (χ1) is 12.7. The number of hydrogen-bond donors (Lipinski definition) is 0. The Kier molecular flexibility index (Phi) is 5.33. The van der Waals surface area contributed by atoms with Crippen LogP contribution < -0.4 is 0 Å². The van der Waals surface area contributed by atoms with Gasteiger partial charge in [-0.1, -0.05) is 6.42 Å². The highest BCUT2D eigenvalue weighted by Gasteiger charge is 2.38. The van der Waals surface area contributed by atoms with Gasteiger partial charge in [0, 0.05) is 37.3 Å². The lowest BCUT2D eigenvalue weighted by molar-refractivity contribution is -0.0742. The van der Waals surface area contributed by atoms with Crippen LogP contribution in [0, 0.1) is 0 Å². The van der Waals surface area contributed by atoms with E-state index in [1.807, 2.05) is 29.7 Å². The van der Waals surface area contributed by atoms with Crippen LogP contribution in [0.2, 0.25) is 0 Å². The highest BCUT2D eigenvalue weighted by atomic mass is 32.1. The zero-order chi connectivity index (χ0) is 17.9. The number of amides is 1. The number of carbonyl (C=O) groups excluding carboxylic acids is 1. The minimum atomic E-state index is -0.131. The lowest BCUT2D eigenvalue weighted by atomic mass is 9.99. The van der Waals surface area contributed by atoms with Gasteiger partial charge in [-0.3, -0.25) is 9.48 Å². The molecule has 2 aliphatic heterocycles. The Morgan fingerprint density at radius 1 is 1.31 bits per heavy atom. The molecular weight excluding hydrogens is 350 g/mol. The van der Waals surface area contributed by atoms with Crippen LogP contribution in [0.3, 0.4) is 0 Å². The zero-order valence-electron chi connectivity index (χ0n) is 15.1. The average molecular weight is 375 g/mol. The lowest BCUT2D eigenvalue weighted by Gasteiger charge is -2.43. The molecule has 2 saturated heterocycles. The third-order valence-corrected chi connectivity index (χ3v) is 5.80. The molecular formula is C18H25N5O2S. The fourth-order valence-electron chi connectivity index (χ4n) is 3.96. The van der Waals surface area contributed by atoms with E-state index in [9.17, 15) is 4.79 Å². The normalized spacial score (nSPS) is 24.7. The number of rotatable bonds is 4. The van der Waals surface area contributed by atoms with E-state index in [0.29, 0.717) is 18.8 Å². The van der Waals surface area contributed by atoms with Crippen LogP contribution in [0.25, 0.3) is 0 Å². The van der Waals surface area contributed by atoms with E-state index >= 15 is 0 Å². The fourth-order valence-corrected chi connectivity index (χ4v) is 4.49. The minimum absolute atomic E-state index is 0.0213. The van der Waals surface area contributed by atoms with Gasteiger partial charge >= 0.3 is 0 Å². The fraction of sp³-hybridized carbons (Fsp3) is 0.611. The number of piperidine rings is 1. The minimum Gasteiger partial charge on any atom is -0.373 e. The Bertz CT molecular complexity index is 726. The van der Waals surface area contributed by atoms with Gasteiger partial charge in [0.15, 0.2) is 0 Å². The second kappa shape index (κ2) is 7.85. The Hall–Kier alpha value is -1.77. The monoisotopic (exact) mass is 375 g/mol. The number of nitrogens with zero attached hydrogens (tertiary/aromatic N) is 5. The molecule has 2 aromatic rings. The Labute approximate surface area is 157 Å². The maximum atomic E-state index is 13.1. The Balaban J connectivity index is 1.60.